The lowest BCUT2D eigenvalue weighted by molar-refractivity contribution is -0.130. The second-order valence-electron chi connectivity index (χ2n) is 6.76. The summed E-state index contributed by atoms with van der Waals surface area (Å²) in [7, 11) is 1.63. The van der Waals surface area contributed by atoms with Crippen LogP contribution in [0.25, 0.3) is 0 Å². The van der Waals surface area contributed by atoms with Gasteiger partial charge in [-0.25, -0.2) is 0 Å². The van der Waals surface area contributed by atoms with Crippen molar-refractivity contribution in [2.24, 2.45) is 11.3 Å². The number of hydrogen-bond acceptors (Lipinski definition) is 4. The standard InChI is InChI=1S/C18H25N3O3.ClH/c1-24-12-18(7-9-19-10-8-18)17(23)21-15-4-2-3-14(11-15)20-16(22)13-5-6-13;/h2-4,11,13,19H,5-10,12H2,1H3,(H,20,22)(H,21,23);1H. The van der Waals surface area contributed by atoms with E-state index in [1.54, 1.807) is 13.2 Å². The van der Waals surface area contributed by atoms with Gasteiger partial charge in [0.25, 0.3) is 0 Å². The van der Waals surface area contributed by atoms with E-state index in [-0.39, 0.29) is 30.1 Å². The monoisotopic (exact) mass is 367 g/mol. The van der Waals surface area contributed by atoms with Gasteiger partial charge in [0.15, 0.2) is 0 Å². The van der Waals surface area contributed by atoms with Crippen LogP contribution in [-0.2, 0) is 14.3 Å². The third-order valence-corrected chi connectivity index (χ3v) is 4.80. The highest BCUT2D eigenvalue weighted by atomic mass is 35.5. The zero-order valence-corrected chi connectivity index (χ0v) is 15.3. The molecule has 2 fully saturated rings. The Bertz CT molecular complexity index is 608. The summed E-state index contributed by atoms with van der Waals surface area (Å²) in [5.41, 5.74) is 0.922. The number of carbonyl (C=O) groups excluding carboxylic acids is 2. The van der Waals surface area contributed by atoms with E-state index in [4.69, 9.17) is 4.74 Å². The largest absolute Gasteiger partial charge is 0.384 e. The number of halogens is 1. The average molecular weight is 368 g/mol. The smallest absolute Gasteiger partial charge is 0.233 e. The van der Waals surface area contributed by atoms with Crippen LogP contribution in [0, 0.1) is 11.3 Å². The zero-order chi connectivity index (χ0) is 17.0. The zero-order valence-electron chi connectivity index (χ0n) is 14.5. The molecule has 2 aliphatic rings. The summed E-state index contributed by atoms with van der Waals surface area (Å²) in [6, 6.07) is 7.32. The number of piperidine rings is 1. The Balaban J connectivity index is 0.00000225. The molecule has 0 bridgehead atoms. The fourth-order valence-electron chi connectivity index (χ4n) is 3.15. The Morgan fingerprint density at radius 2 is 1.84 bits per heavy atom. The topological polar surface area (TPSA) is 79.5 Å². The van der Waals surface area contributed by atoms with Crippen LogP contribution in [0.3, 0.4) is 0 Å². The van der Waals surface area contributed by atoms with Crippen molar-refractivity contribution >= 4 is 35.6 Å². The summed E-state index contributed by atoms with van der Waals surface area (Å²) < 4.78 is 5.31. The summed E-state index contributed by atoms with van der Waals surface area (Å²) in [4.78, 5) is 24.7. The van der Waals surface area contributed by atoms with Crippen molar-refractivity contribution in [2.45, 2.75) is 25.7 Å². The van der Waals surface area contributed by atoms with Gasteiger partial charge >= 0.3 is 0 Å². The Morgan fingerprint density at radius 3 is 2.44 bits per heavy atom. The normalized spacial score (nSPS) is 18.8. The first-order valence-electron chi connectivity index (χ1n) is 8.55. The fourth-order valence-corrected chi connectivity index (χ4v) is 3.15. The van der Waals surface area contributed by atoms with Gasteiger partial charge < -0.3 is 20.7 Å². The molecule has 0 radical (unpaired) electrons. The molecule has 1 aliphatic heterocycles. The molecule has 1 aromatic carbocycles. The molecular weight excluding hydrogens is 342 g/mol. The maximum Gasteiger partial charge on any atom is 0.233 e. The number of rotatable bonds is 6. The number of ether oxygens (including phenoxy) is 1. The molecule has 2 amide bonds. The predicted octanol–water partition coefficient (Wildman–Crippen LogP) is 2.41. The second kappa shape index (κ2) is 8.65. The van der Waals surface area contributed by atoms with E-state index in [0.717, 1.165) is 44.5 Å². The fraction of sp³-hybridized carbons (Fsp3) is 0.556. The van der Waals surface area contributed by atoms with Gasteiger partial charge in [-0.15, -0.1) is 12.4 Å². The molecule has 1 saturated carbocycles. The minimum atomic E-state index is -0.493. The third kappa shape index (κ3) is 4.93. The van der Waals surface area contributed by atoms with Gasteiger partial charge in [-0.2, -0.15) is 0 Å². The van der Waals surface area contributed by atoms with Crippen LogP contribution in [0.15, 0.2) is 24.3 Å². The lowest BCUT2D eigenvalue weighted by atomic mass is 9.78. The molecule has 1 aliphatic carbocycles. The van der Waals surface area contributed by atoms with Crippen molar-refractivity contribution in [3.8, 4) is 0 Å². The van der Waals surface area contributed by atoms with Gasteiger partial charge in [-0.1, -0.05) is 6.07 Å². The lowest BCUT2D eigenvalue weighted by Gasteiger charge is -2.35. The first-order valence-corrected chi connectivity index (χ1v) is 8.55. The number of methoxy groups -OCH3 is 1. The SMILES string of the molecule is COCC1(C(=O)Nc2cccc(NC(=O)C3CC3)c2)CCNCC1.Cl. The molecule has 0 aromatic heterocycles. The van der Waals surface area contributed by atoms with Crippen LogP contribution in [0.1, 0.15) is 25.7 Å². The molecule has 0 atom stereocenters. The van der Waals surface area contributed by atoms with Crippen LogP contribution in [0.4, 0.5) is 11.4 Å². The van der Waals surface area contributed by atoms with E-state index in [1.165, 1.54) is 0 Å². The first-order chi connectivity index (χ1) is 11.6. The number of hydrogen-bond donors (Lipinski definition) is 3. The molecule has 25 heavy (non-hydrogen) atoms. The van der Waals surface area contributed by atoms with E-state index in [1.807, 2.05) is 18.2 Å². The van der Waals surface area contributed by atoms with Crippen LogP contribution in [0.5, 0.6) is 0 Å². The molecule has 7 heteroatoms. The van der Waals surface area contributed by atoms with Crippen molar-refractivity contribution in [2.75, 3.05) is 37.4 Å². The molecule has 1 saturated heterocycles. The van der Waals surface area contributed by atoms with Gasteiger partial charge in [0.05, 0.1) is 12.0 Å². The highest BCUT2D eigenvalue weighted by Gasteiger charge is 2.39. The number of amides is 2. The first kappa shape index (κ1) is 19.7. The lowest BCUT2D eigenvalue weighted by Crippen LogP contribution is -2.47. The summed E-state index contributed by atoms with van der Waals surface area (Å²) in [6.07, 6.45) is 3.45. The van der Waals surface area contributed by atoms with Crippen molar-refractivity contribution in [3.05, 3.63) is 24.3 Å². The molecular formula is C18H26ClN3O3. The Hall–Kier alpha value is -1.63. The summed E-state index contributed by atoms with van der Waals surface area (Å²) >= 11 is 0. The van der Waals surface area contributed by atoms with Gasteiger partial charge in [-0.3, -0.25) is 9.59 Å². The minimum absolute atomic E-state index is 0. The quantitative estimate of drug-likeness (QED) is 0.721. The van der Waals surface area contributed by atoms with E-state index in [0.29, 0.717) is 12.3 Å². The van der Waals surface area contributed by atoms with Crippen LogP contribution >= 0.6 is 12.4 Å². The third-order valence-electron chi connectivity index (χ3n) is 4.80. The van der Waals surface area contributed by atoms with Gasteiger partial charge in [0, 0.05) is 24.4 Å². The number of anilines is 2. The molecule has 0 spiro atoms. The molecule has 138 valence electrons. The van der Waals surface area contributed by atoms with Crippen molar-refractivity contribution < 1.29 is 14.3 Å². The van der Waals surface area contributed by atoms with Crippen LogP contribution in [0.2, 0.25) is 0 Å². The molecule has 3 N–H and O–H groups in total. The highest BCUT2D eigenvalue weighted by Crippen LogP contribution is 2.32. The number of benzene rings is 1. The maximum absolute atomic E-state index is 12.8. The minimum Gasteiger partial charge on any atom is -0.384 e. The van der Waals surface area contributed by atoms with Gasteiger partial charge in [0.2, 0.25) is 11.8 Å². The van der Waals surface area contributed by atoms with Gasteiger partial charge in [0.1, 0.15) is 0 Å². The molecule has 1 aromatic rings. The number of nitrogens with one attached hydrogen (secondary N) is 3. The Morgan fingerprint density at radius 1 is 1.20 bits per heavy atom. The number of carbonyl (C=O) groups is 2. The van der Waals surface area contributed by atoms with E-state index in [9.17, 15) is 9.59 Å². The summed E-state index contributed by atoms with van der Waals surface area (Å²) in [6.45, 7) is 2.04. The predicted molar refractivity (Wildman–Crippen MR) is 100 cm³/mol. The average Bonchev–Trinajstić information content (AvgIpc) is 3.41. The van der Waals surface area contributed by atoms with Crippen molar-refractivity contribution in [1.82, 2.24) is 5.32 Å². The van der Waals surface area contributed by atoms with Gasteiger partial charge in [-0.05, 0) is 57.0 Å². The molecule has 0 unspecified atom stereocenters. The van der Waals surface area contributed by atoms with Crippen molar-refractivity contribution in [1.29, 1.82) is 0 Å². The van der Waals surface area contributed by atoms with Crippen LogP contribution in [-0.4, -0.2) is 38.6 Å². The Labute approximate surface area is 154 Å². The van der Waals surface area contributed by atoms with E-state index in [2.05, 4.69) is 16.0 Å². The summed E-state index contributed by atoms with van der Waals surface area (Å²) in [5.74, 6) is 0.201. The summed E-state index contributed by atoms with van der Waals surface area (Å²) in [5, 5.41) is 9.19. The Kier molecular flexibility index (Phi) is 6.81. The molecule has 6 nitrogen and oxygen atoms in total. The van der Waals surface area contributed by atoms with E-state index >= 15 is 0 Å². The maximum atomic E-state index is 12.8. The second-order valence-corrected chi connectivity index (χ2v) is 6.76. The van der Waals surface area contributed by atoms with Crippen LogP contribution < -0.4 is 16.0 Å². The highest BCUT2D eigenvalue weighted by molar-refractivity contribution is 5.97. The van der Waals surface area contributed by atoms with E-state index < -0.39 is 5.41 Å². The van der Waals surface area contributed by atoms with Crippen molar-refractivity contribution in [3.63, 3.8) is 0 Å². The molecule has 3 rings (SSSR count). The molecule has 1 heterocycles.